The maximum Gasteiger partial charge on any atom is 0.0411 e. The molecular weight excluding hydrogens is 266 g/mol. The van der Waals surface area contributed by atoms with Crippen molar-refractivity contribution in [2.45, 2.75) is 58.4 Å². The average Bonchev–Trinajstić information content (AvgIpc) is 2.40. The van der Waals surface area contributed by atoms with E-state index in [9.17, 15) is 0 Å². The van der Waals surface area contributed by atoms with Gasteiger partial charge in [-0.3, -0.25) is 0 Å². The molecule has 0 heterocycles. The molecule has 1 aromatic rings. The van der Waals surface area contributed by atoms with Crippen molar-refractivity contribution in [3.63, 3.8) is 0 Å². The lowest BCUT2D eigenvalue weighted by Crippen LogP contribution is -2.22. The van der Waals surface area contributed by atoms with Gasteiger partial charge in [-0.25, -0.2) is 0 Å². The first-order chi connectivity index (χ1) is 9.67. The molecule has 1 N–H and O–H groups in total. The molecule has 0 aromatic heterocycles. The third-order valence-corrected chi connectivity index (χ3v) is 3.73. The third kappa shape index (κ3) is 6.58. The van der Waals surface area contributed by atoms with E-state index in [2.05, 4.69) is 37.9 Å². The van der Waals surface area contributed by atoms with Crippen molar-refractivity contribution in [2.24, 2.45) is 0 Å². The van der Waals surface area contributed by atoms with E-state index in [4.69, 9.17) is 11.6 Å². The van der Waals surface area contributed by atoms with Crippen molar-refractivity contribution in [3.05, 3.63) is 47.0 Å². The molecule has 1 nitrogen and oxygen atoms in total. The van der Waals surface area contributed by atoms with Crippen LogP contribution in [-0.4, -0.2) is 6.54 Å². The van der Waals surface area contributed by atoms with Gasteiger partial charge in [-0.1, -0.05) is 43.5 Å². The first-order valence-corrected chi connectivity index (χ1v) is 8.16. The van der Waals surface area contributed by atoms with E-state index in [1.165, 1.54) is 36.8 Å². The first-order valence-electron chi connectivity index (χ1n) is 7.78. The van der Waals surface area contributed by atoms with E-state index in [0.717, 1.165) is 24.4 Å². The van der Waals surface area contributed by atoms with Gasteiger partial charge in [-0.15, -0.1) is 6.58 Å². The van der Waals surface area contributed by atoms with Gasteiger partial charge in [0.2, 0.25) is 0 Å². The lowest BCUT2D eigenvalue weighted by atomic mass is 9.98. The number of hydrogen-bond donors (Lipinski definition) is 1. The second kappa shape index (κ2) is 10.0. The van der Waals surface area contributed by atoms with E-state index >= 15 is 0 Å². The van der Waals surface area contributed by atoms with Crippen LogP contribution in [0.4, 0.5) is 0 Å². The van der Waals surface area contributed by atoms with Gasteiger partial charge in [0.15, 0.2) is 0 Å². The van der Waals surface area contributed by atoms with Crippen LogP contribution >= 0.6 is 11.6 Å². The molecule has 0 bridgehead atoms. The van der Waals surface area contributed by atoms with Gasteiger partial charge in [-0.05, 0) is 62.4 Å². The summed E-state index contributed by atoms with van der Waals surface area (Å²) >= 11 is 6.19. The van der Waals surface area contributed by atoms with Crippen LogP contribution in [0.1, 0.15) is 62.6 Å². The van der Waals surface area contributed by atoms with E-state index in [-0.39, 0.29) is 0 Å². The standard InChI is InChI=1S/C18H28ClN/c1-4-6-7-8-9-10-18(20-11-5-2)16-12-15(3)13-17(19)14-16/h4,12-14,18,20H,1,5-11H2,2-3H3. The van der Waals surface area contributed by atoms with Crippen molar-refractivity contribution in [1.82, 2.24) is 5.32 Å². The first kappa shape index (κ1) is 17.3. The molecule has 1 unspecified atom stereocenters. The second-order valence-corrected chi connectivity index (χ2v) is 5.93. The predicted molar refractivity (Wildman–Crippen MR) is 90.5 cm³/mol. The quantitative estimate of drug-likeness (QED) is 0.423. The van der Waals surface area contributed by atoms with Crippen LogP contribution in [0, 0.1) is 6.92 Å². The summed E-state index contributed by atoms with van der Waals surface area (Å²) in [5, 5.41) is 4.49. The van der Waals surface area contributed by atoms with Crippen molar-refractivity contribution < 1.29 is 0 Å². The van der Waals surface area contributed by atoms with Crippen molar-refractivity contribution in [2.75, 3.05) is 6.54 Å². The van der Waals surface area contributed by atoms with Crippen LogP contribution < -0.4 is 5.32 Å². The van der Waals surface area contributed by atoms with Gasteiger partial charge >= 0.3 is 0 Å². The molecule has 20 heavy (non-hydrogen) atoms. The minimum atomic E-state index is 0.427. The monoisotopic (exact) mass is 293 g/mol. The SMILES string of the molecule is C=CCCCCCC(NCCC)c1cc(C)cc(Cl)c1. The smallest absolute Gasteiger partial charge is 0.0411 e. The molecule has 0 aliphatic carbocycles. The second-order valence-electron chi connectivity index (χ2n) is 5.50. The molecule has 2 heteroatoms. The van der Waals surface area contributed by atoms with E-state index in [1.807, 2.05) is 12.1 Å². The normalized spacial score (nSPS) is 12.3. The Morgan fingerprint density at radius 2 is 2.05 bits per heavy atom. The summed E-state index contributed by atoms with van der Waals surface area (Å²) in [5.41, 5.74) is 2.56. The fraction of sp³-hybridized carbons (Fsp3) is 0.556. The molecule has 0 aliphatic rings. The van der Waals surface area contributed by atoms with Crippen LogP contribution in [0.25, 0.3) is 0 Å². The van der Waals surface area contributed by atoms with Crippen LogP contribution in [0.2, 0.25) is 5.02 Å². The Morgan fingerprint density at radius 1 is 1.25 bits per heavy atom. The Balaban J connectivity index is 2.60. The van der Waals surface area contributed by atoms with Crippen molar-refractivity contribution >= 4 is 11.6 Å². The summed E-state index contributed by atoms with van der Waals surface area (Å²) in [4.78, 5) is 0. The molecule has 0 aliphatic heterocycles. The highest BCUT2D eigenvalue weighted by atomic mass is 35.5. The van der Waals surface area contributed by atoms with Gasteiger partial charge < -0.3 is 5.32 Å². The highest BCUT2D eigenvalue weighted by molar-refractivity contribution is 6.30. The van der Waals surface area contributed by atoms with E-state index in [1.54, 1.807) is 0 Å². The fourth-order valence-electron chi connectivity index (χ4n) is 2.48. The van der Waals surface area contributed by atoms with Gasteiger partial charge in [0.1, 0.15) is 0 Å². The molecule has 0 fully saturated rings. The molecule has 0 amide bonds. The summed E-state index contributed by atoms with van der Waals surface area (Å²) in [6, 6.07) is 6.80. The minimum absolute atomic E-state index is 0.427. The molecule has 1 aromatic carbocycles. The van der Waals surface area contributed by atoms with Gasteiger partial charge in [0.05, 0.1) is 0 Å². The summed E-state index contributed by atoms with van der Waals surface area (Å²) in [5.74, 6) is 0. The topological polar surface area (TPSA) is 12.0 Å². The Morgan fingerprint density at radius 3 is 2.70 bits per heavy atom. The maximum atomic E-state index is 6.19. The number of aryl methyl sites for hydroxylation is 1. The number of benzene rings is 1. The Hall–Kier alpha value is -0.790. The summed E-state index contributed by atoms with van der Waals surface area (Å²) in [7, 11) is 0. The van der Waals surface area contributed by atoms with Gasteiger partial charge in [-0.2, -0.15) is 0 Å². The number of hydrogen-bond acceptors (Lipinski definition) is 1. The highest BCUT2D eigenvalue weighted by Crippen LogP contribution is 2.24. The molecule has 0 radical (unpaired) electrons. The molecule has 0 saturated carbocycles. The van der Waals surface area contributed by atoms with E-state index < -0.39 is 0 Å². The van der Waals surface area contributed by atoms with Crippen molar-refractivity contribution in [3.8, 4) is 0 Å². The summed E-state index contributed by atoms with van der Waals surface area (Å²) in [6.07, 6.45) is 9.25. The van der Waals surface area contributed by atoms with Crippen molar-refractivity contribution in [1.29, 1.82) is 0 Å². The third-order valence-electron chi connectivity index (χ3n) is 3.51. The molecule has 0 spiro atoms. The van der Waals surface area contributed by atoms with Gasteiger partial charge in [0.25, 0.3) is 0 Å². The molecule has 1 atom stereocenters. The molecule has 1 rings (SSSR count). The van der Waals surface area contributed by atoms with Crippen LogP contribution in [-0.2, 0) is 0 Å². The number of rotatable bonds is 10. The minimum Gasteiger partial charge on any atom is -0.310 e. The molecular formula is C18H28ClN. The summed E-state index contributed by atoms with van der Waals surface area (Å²) in [6.45, 7) is 9.15. The Kier molecular flexibility index (Phi) is 8.64. The Labute approximate surface area is 129 Å². The largest absolute Gasteiger partial charge is 0.310 e. The lowest BCUT2D eigenvalue weighted by Gasteiger charge is -2.20. The van der Waals surface area contributed by atoms with E-state index in [0.29, 0.717) is 6.04 Å². The number of unbranched alkanes of at least 4 members (excludes halogenated alkanes) is 3. The maximum absolute atomic E-state index is 6.19. The molecule has 0 saturated heterocycles. The van der Waals surface area contributed by atoms with Crippen LogP contribution in [0.5, 0.6) is 0 Å². The highest BCUT2D eigenvalue weighted by Gasteiger charge is 2.11. The summed E-state index contributed by atoms with van der Waals surface area (Å²) < 4.78 is 0. The zero-order valence-corrected chi connectivity index (χ0v) is 13.7. The fourth-order valence-corrected chi connectivity index (χ4v) is 2.78. The number of halogens is 1. The number of allylic oxidation sites excluding steroid dienone is 1. The zero-order chi connectivity index (χ0) is 14.8. The number of nitrogens with one attached hydrogen (secondary N) is 1. The average molecular weight is 294 g/mol. The lowest BCUT2D eigenvalue weighted by molar-refractivity contribution is 0.472. The van der Waals surface area contributed by atoms with Crippen LogP contribution in [0.3, 0.4) is 0 Å². The van der Waals surface area contributed by atoms with Crippen LogP contribution in [0.15, 0.2) is 30.9 Å². The molecule has 112 valence electrons. The Bertz CT molecular complexity index is 380. The zero-order valence-electron chi connectivity index (χ0n) is 12.9. The predicted octanol–water partition coefficient (Wildman–Crippen LogP) is 5.83. The van der Waals surface area contributed by atoms with Gasteiger partial charge in [0, 0.05) is 11.1 Å².